The Labute approximate surface area is 141 Å². The number of alkyl halides is 8. The summed E-state index contributed by atoms with van der Waals surface area (Å²) in [5, 5.41) is 0. The lowest BCUT2D eigenvalue weighted by Crippen LogP contribution is -2.67. The van der Waals surface area contributed by atoms with E-state index < -0.39 is 40.7 Å². The molecule has 0 radical (unpaired) electrons. The van der Waals surface area contributed by atoms with Crippen LogP contribution in [0.25, 0.3) is 0 Å². The summed E-state index contributed by atoms with van der Waals surface area (Å²) in [6.45, 7) is 6.98. The number of halogens is 8. The van der Waals surface area contributed by atoms with Crippen LogP contribution in [0.4, 0.5) is 35.1 Å². The number of rotatable bonds is 4. The SMILES string of the molecule is CC(C)(C)C(C)(F)OC(OC(C)(F)C(C)(C)C)(C(F)(F)F)C(F)(F)F. The first kappa shape index (κ1) is 24.4. The van der Waals surface area contributed by atoms with E-state index in [9.17, 15) is 35.1 Å². The summed E-state index contributed by atoms with van der Waals surface area (Å²) >= 11 is 0. The molecule has 0 rings (SSSR count). The molecule has 0 aromatic rings. The van der Waals surface area contributed by atoms with Crippen LogP contribution in [0, 0.1) is 10.8 Å². The van der Waals surface area contributed by atoms with Gasteiger partial charge >= 0.3 is 18.1 Å². The van der Waals surface area contributed by atoms with Gasteiger partial charge in [0.2, 0.25) is 11.7 Å². The summed E-state index contributed by atoms with van der Waals surface area (Å²) in [4.78, 5) is 0. The van der Waals surface area contributed by atoms with Crippen LogP contribution < -0.4 is 0 Å². The highest BCUT2D eigenvalue weighted by Crippen LogP contribution is 2.55. The van der Waals surface area contributed by atoms with E-state index in [1.807, 2.05) is 0 Å². The first-order chi connectivity index (χ1) is 10.4. The minimum atomic E-state index is -6.30. The summed E-state index contributed by atoms with van der Waals surface area (Å²) in [5.74, 6) is -12.4. The van der Waals surface area contributed by atoms with Crippen LogP contribution in [0.5, 0.6) is 0 Å². The first-order valence-electron chi connectivity index (χ1n) is 7.33. The molecule has 0 saturated carbocycles. The first-order valence-corrected chi connectivity index (χ1v) is 7.33. The lowest BCUT2D eigenvalue weighted by Gasteiger charge is -2.48. The van der Waals surface area contributed by atoms with Crippen molar-refractivity contribution in [1.82, 2.24) is 0 Å². The second-order valence-corrected chi connectivity index (χ2v) is 8.15. The van der Waals surface area contributed by atoms with Gasteiger partial charge in [-0.2, -0.15) is 26.3 Å². The third-order valence-electron chi connectivity index (χ3n) is 4.10. The summed E-state index contributed by atoms with van der Waals surface area (Å²) in [6.07, 6.45) is -12.6. The molecule has 2 nitrogen and oxygen atoms in total. The molecule has 25 heavy (non-hydrogen) atoms. The van der Waals surface area contributed by atoms with Crippen LogP contribution in [-0.4, -0.2) is 29.8 Å². The Kier molecular flexibility index (Phi) is 6.05. The molecule has 2 atom stereocenters. The topological polar surface area (TPSA) is 18.5 Å². The maximum Gasteiger partial charge on any atom is 0.453 e. The Morgan fingerprint density at radius 3 is 0.760 bits per heavy atom. The van der Waals surface area contributed by atoms with E-state index in [0.29, 0.717) is 13.8 Å². The van der Waals surface area contributed by atoms with Gasteiger partial charge in [-0.05, 0) is 13.8 Å². The maximum absolute atomic E-state index is 14.6. The summed E-state index contributed by atoms with van der Waals surface area (Å²) in [7, 11) is 0. The Morgan fingerprint density at radius 1 is 0.440 bits per heavy atom. The van der Waals surface area contributed by atoms with Crippen LogP contribution in [0.3, 0.4) is 0 Å². The average molecular weight is 388 g/mol. The number of hydrogen-bond donors (Lipinski definition) is 0. The predicted molar refractivity (Wildman–Crippen MR) is 74.9 cm³/mol. The second kappa shape index (κ2) is 6.21. The lowest BCUT2D eigenvalue weighted by atomic mass is 9.87. The van der Waals surface area contributed by atoms with E-state index in [4.69, 9.17) is 0 Å². The van der Waals surface area contributed by atoms with Gasteiger partial charge in [0.15, 0.2) is 0 Å². The maximum atomic E-state index is 14.6. The van der Waals surface area contributed by atoms with E-state index in [2.05, 4.69) is 9.47 Å². The van der Waals surface area contributed by atoms with Gasteiger partial charge in [-0.1, -0.05) is 41.5 Å². The molecule has 10 heteroatoms. The van der Waals surface area contributed by atoms with Crippen LogP contribution in [-0.2, 0) is 9.47 Å². The van der Waals surface area contributed by atoms with Crippen molar-refractivity contribution < 1.29 is 44.6 Å². The molecule has 0 fully saturated rings. The van der Waals surface area contributed by atoms with Crippen LogP contribution in [0.2, 0.25) is 0 Å². The van der Waals surface area contributed by atoms with Gasteiger partial charge in [-0.3, -0.25) is 9.47 Å². The van der Waals surface area contributed by atoms with Gasteiger partial charge in [0.25, 0.3) is 0 Å². The molecular formula is C15H24F8O2. The van der Waals surface area contributed by atoms with E-state index in [1.54, 1.807) is 0 Å². The molecule has 0 N–H and O–H groups in total. The zero-order chi connectivity index (χ0) is 20.9. The third-order valence-corrected chi connectivity index (χ3v) is 4.10. The average Bonchev–Trinajstić information content (AvgIpc) is 2.20. The zero-order valence-electron chi connectivity index (χ0n) is 15.3. The van der Waals surface area contributed by atoms with Crippen molar-refractivity contribution in [3.63, 3.8) is 0 Å². The van der Waals surface area contributed by atoms with Crippen molar-refractivity contribution in [2.45, 2.75) is 85.2 Å². The van der Waals surface area contributed by atoms with Crippen LogP contribution in [0.15, 0.2) is 0 Å². The van der Waals surface area contributed by atoms with E-state index in [1.165, 1.54) is 0 Å². The van der Waals surface area contributed by atoms with Crippen molar-refractivity contribution in [3.05, 3.63) is 0 Å². The van der Waals surface area contributed by atoms with Crippen LogP contribution >= 0.6 is 0 Å². The van der Waals surface area contributed by atoms with Crippen LogP contribution in [0.1, 0.15) is 55.4 Å². The number of ether oxygens (including phenoxy) is 2. The second-order valence-electron chi connectivity index (χ2n) is 8.15. The molecule has 152 valence electrons. The third kappa shape index (κ3) is 4.75. The van der Waals surface area contributed by atoms with Gasteiger partial charge in [-0.15, -0.1) is 0 Å². The van der Waals surface area contributed by atoms with Crippen molar-refractivity contribution in [3.8, 4) is 0 Å². The molecule has 0 amide bonds. The monoisotopic (exact) mass is 388 g/mol. The standard InChI is InChI=1S/C15H24F8O2/c1-9(2,3)11(7,16)24-13(14(18,19)20,15(21,22)23)25-12(8,17)10(4,5)6/h1-8H3. The molecule has 0 saturated heterocycles. The summed E-state index contributed by atoms with van der Waals surface area (Å²) in [6, 6.07) is 0. The fourth-order valence-electron chi connectivity index (χ4n) is 1.26. The minimum Gasteiger partial charge on any atom is -0.298 e. The zero-order valence-corrected chi connectivity index (χ0v) is 15.3. The number of hydrogen-bond acceptors (Lipinski definition) is 2. The van der Waals surface area contributed by atoms with Gasteiger partial charge in [0, 0.05) is 10.8 Å². The van der Waals surface area contributed by atoms with Gasteiger partial charge < -0.3 is 0 Å². The molecule has 2 unspecified atom stereocenters. The Hall–Kier alpha value is -0.640. The fraction of sp³-hybridized carbons (Fsp3) is 1.00. The molecule has 0 heterocycles. The quantitative estimate of drug-likeness (QED) is 0.415. The molecule has 0 aromatic heterocycles. The van der Waals surface area contributed by atoms with Crippen molar-refractivity contribution >= 4 is 0 Å². The van der Waals surface area contributed by atoms with Gasteiger partial charge in [0.05, 0.1) is 0 Å². The highest BCUT2D eigenvalue weighted by atomic mass is 19.4. The molecule has 0 aliphatic heterocycles. The summed E-state index contributed by atoms with van der Waals surface area (Å²) in [5.41, 5.74) is -3.60. The molecule has 0 aliphatic rings. The normalized spacial score (nSPS) is 20.2. The fourth-order valence-corrected chi connectivity index (χ4v) is 1.26. The van der Waals surface area contributed by atoms with Crippen molar-refractivity contribution in [2.75, 3.05) is 0 Å². The van der Waals surface area contributed by atoms with E-state index in [-0.39, 0.29) is 0 Å². The van der Waals surface area contributed by atoms with Gasteiger partial charge in [0.1, 0.15) is 0 Å². The molecule has 0 bridgehead atoms. The molecule has 0 spiro atoms. The molecular weight excluding hydrogens is 364 g/mol. The highest BCUT2D eigenvalue weighted by molar-refractivity contribution is 4.95. The van der Waals surface area contributed by atoms with Crippen molar-refractivity contribution in [2.24, 2.45) is 10.8 Å². The van der Waals surface area contributed by atoms with Gasteiger partial charge in [-0.25, -0.2) is 8.78 Å². The lowest BCUT2D eigenvalue weighted by molar-refractivity contribution is -0.532. The highest BCUT2D eigenvalue weighted by Gasteiger charge is 2.79. The van der Waals surface area contributed by atoms with E-state index >= 15 is 0 Å². The van der Waals surface area contributed by atoms with Crippen molar-refractivity contribution in [1.29, 1.82) is 0 Å². The summed E-state index contributed by atoms with van der Waals surface area (Å²) < 4.78 is 117. The molecule has 0 aromatic carbocycles. The predicted octanol–water partition coefficient (Wildman–Crippen LogP) is 6.30. The minimum absolute atomic E-state index is 0.398. The Balaban J connectivity index is 6.52. The Bertz CT molecular complexity index is 420. The Morgan fingerprint density at radius 2 is 0.640 bits per heavy atom. The largest absolute Gasteiger partial charge is 0.453 e. The smallest absolute Gasteiger partial charge is 0.298 e. The van der Waals surface area contributed by atoms with E-state index in [0.717, 1.165) is 41.5 Å². The molecule has 0 aliphatic carbocycles.